The topological polar surface area (TPSA) is 47.6 Å². The second kappa shape index (κ2) is 8.46. The predicted octanol–water partition coefficient (Wildman–Crippen LogP) is 5.25. The van der Waals surface area contributed by atoms with Crippen LogP contribution in [-0.2, 0) is 17.8 Å². The van der Waals surface area contributed by atoms with Crippen molar-refractivity contribution in [3.63, 3.8) is 0 Å². The van der Waals surface area contributed by atoms with Gasteiger partial charge in [0.25, 0.3) is 6.43 Å². The van der Waals surface area contributed by atoms with E-state index < -0.39 is 12.5 Å². The molecule has 0 bridgehead atoms. The van der Waals surface area contributed by atoms with Crippen molar-refractivity contribution in [3.05, 3.63) is 58.7 Å². The monoisotopic (exact) mass is 349 g/mol. The summed E-state index contributed by atoms with van der Waals surface area (Å²) in [4.78, 5) is 11.5. The molecule has 0 heterocycles. The molecule has 0 aliphatic rings. The van der Waals surface area contributed by atoms with Gasteiger partial charge < -0.3 is 9.47 Å². The van der Waals surface area contributed by atoms with Crippen molar-refractivity contribution in [2.75, 3.05) is 12.4 Å². The number of anilines is 1. The molecule has 4 nitrogen and oxygen atoms in total. The van der Waals surface area contributed by atoms with Gasteiger partial charge in [0.1, 0.15) is 12.4 Å². The van der Waals surface area contributed by atoms with E-state index in [0.29, 0.717) is 11.3 Å². The molecule has 0 aromatic heterocycles. The molecular weight excluding hydrogens is 328 g/mol. The van der Waals surface area contributed by atoms with Crippen LogP contribution >= 0.6 is 0 Å². The van der Waals surface area contributed by atoms with Gasteiger partial charge in [0.15, 0.2) is 0 Å². The zero-order valence-electron chi connectivity index (χ0n) is 14.4. The predicted molar refractivity (Wildman–Crippen MR) is 92.3 cm³/mol. The van der Waals surface area contributed by atoms with Gasteiger partial charge in [0.2, 0.25) is 0 Å². The summed E-state index contributed by atoms with van der Waals surface area (Å²) >= 11 is 0. The van der Waals surface area contributed by atoms with Crippen molar-refractivity contribution in [3.8, 4) is 5.75 Å². The van der Waals surface area contributed by atoms with E-state index in [9.17, 15) is 13.6 Å². The second-order valence-electron chi connectivity index (χ2n) is 5.54. The average Bonchev–Trinajstić information content (AvgIpc) is 2.60. The SMILES string of the molecule is CCc1ccc(OCc2cccc(C(F)F)c2NC(=O)OC)c(C)c1. The molecule has 0 radical (unpaired) electrons. The first-order valence-corrected chi connectivity index (χ1v) is 7.93. The number of para-hydroxylation sites is 1. The number of halogens is 2. The molecule has 0 aliphatic heterocycles. The minimum absolute atomic E-state index is 0.0205. The quantitative estimate of drug-likeness (QED) is 0.774. The second-order valence-corrected chi connectivity index (χ2v) is 5.54. The number of carbonyl (C=O) groups excluding carboxylic acids is 1. The number of ether oxygens (including phenoxy) is 2. The highest BCUT2D eigenvalue weighted by Gasteiger charge is 2.18. The lowest BCUT2D eigenvalue weighted by atomic mass is 10.1. The van der Waals surface area contributed by atoms with E-state index in [1.807, 2.05) is 25.1 Å². The zero-order chi connectivity index (χ0) is 18.4. The third kappa shape index (κ3) is 4.68. The van der Waals surface area contributed by atoms with Crippen LogP contribution in [0, 0.1) is 6.92 Å². The highest BCUT2D eigenvalue weighted by atomic mass is 19.3. The van der Waals surface area contributed by atoms with Crippen molar-refractivity contribution < 1.29 is 23.0 Å². The molecule has 6 heteroatoms. The minimum Gasteiger partial charge on any atom is -0.489 e. The van der Waals surface area contributed by atoms with Gasteiger partial charge in [-0.25, -0.2) is 13.6 Å². The molecule has 2 aromatic carbocycles. The number of aryl methyl sites for hydroxylation is 2. The third-order valence-electron chi connectivity index (χ3n) is 3.86. The lowest BCUT2D eigenvalue weighted by Gasteiger charge is -2.16. The smallest absolute Gasteiger partial charge is 0.411 e. The first-order chi connectivity index (χ1) is 12.0. The Morgan fingerprint density at radius 3 is 2.60 bits per heavy atom. The molecule has 0 saturated heterocycles. The molecule has 0 fully saturated rings. The molecule has 0 spiro atoms. The van der Waals surface area contributed by atoms with E-state index >= 15 is 0 Å². The largest absolute Gasteiger partial charge is 0.489 e. The molecule has 0 unspecified atom stereocenters. The lowest BCUT2D eigenvalue weighted by Crippen LogP contribution is -2.15. The molecule has 0 aliphatic carbocycles. The van der Waals surface area contributed by atoms with E-state index in [1.165, 1.54) is 24.8 Å². The van der Waals surface area contributed by atoms with Gasteiger partial charge in [-0.05, 0) is 30.5 Å². The van der Waals surface area contributed by atoms with Gasteiger partial charge in [0, 0.05) is 11.1 Å². The van der Waals surface area contributed by atoms with E-state index in [0.717, 1.165) is 12.0 Å². The normalized spacial score (nSPS) is 10.6. The first-order valence-electron chi connectivity index (χ1n) is 7.93. The molecule has 2 rings (SSSR count). The van der Waals surface area contributed by atoms with Gasteiger partial charge in [-0.1, -0.05) is 37.3 Å². The Bertz CT molecular complexity index is 747. The van der Waals surface area contributed by atoms with E-state index in [1.54, 1.807) is 6.07 Å². The number of benzene rings is 2. The number of carbonyl (C=O) groups is 1. The summed E-state index contributed by atoms with van der Waals surface area (Å²) in [5.41, 5.74) is 2.35. The number of nitrogens with one attached hydrogen (secondary N) is 1. The van der Waals surface area contributed by atoms with Gasteiger partial charge in [-0.2, -0.15) is 0 Å². The Labute approximate surface area is 145 Å². The molecule has 1 amide bonds. The summed E-state index contributed by atoms with van der Waals surface area (Å²) in [6, 6.07) is 10.3. The molecular formula is C19H21F2NO3. The van der Waals surface area contributed by atoms with E-state index in [4.69, 9.17) is 4.74 Å². The highest BCUT2D eigenvalue weighted by Crippen LogP contribution is 2.31. The minimum atomic E-state index is -2.72. The maximum atomic E-state index is 13.2. The number of hydrogen-bond acceptors (Lipinski definition) is 3. The van der Waals surface area contributed by atoms with E-state index in [2.05, 4.69) is 17.0 Å². The van der Waals surface area contributed by atoms with Crippen molar-refractivity contribution in [2.45, 2.75) is 33.3 Å². The zero-order valence-corrected chi connectivity index (χ0v) is 14.4. The first kappa shape index (κ1) is 18.7. The van der Waals surface area contributed by atoms with E-state index in [-0.39, 0.29) is 17.9 Å². The molecule has 1 N–H and O–H groups in total. The Kier molecular flexibility index (Phi) is 6.33. The fraction of sp³-hybridized carbons (Fsp3) is 0.316. The fourth-order valence-electron chi connectivity index (χ4n) is 2.48. The van der Waals surface area contributed by atoms with Crippen LogP contribution in [0.3, 0.4) is 0 Å². The van der Waals surface area contributed by atoms with Crippen LogP contribution in [0.4, 0.5) is 19.3 Å². The van der Waals surface area contributed by atoms with Crippen molar-refractivity contribution in [1.82, 2.24) is 0 Å². The van der Waals surface area contributed by atoms with Crippen LogP contribution in [0.25, 0.3) is 0 Å². The summed E-state index contributed by atoms with van der Waals surface area (Å²) in [5.74, 6) is 0.670. The summed E-state index contributed by atoms with van der Waals surface area (Å²) in [7, 11) is 1.18. The van der Waals surface area contributed by atoms with Crippen LogP contribution in [0.1, 0.15) is 35.6 Å². The number of methoxy groups -OCH3 is 1. The Hall–Kier alpha value is -2.63. The number of hydrogen-bond donors (Lipinski definition) is 1. The summed E-state index contributed by atoms with van der Waals surface area (Å²) in [6.07, 6.45) is -2.61. The van der Waals surface area contributed by atoms with Crippen LogP contribution in [0.5, 0.6) is 5.75 Å². The van der Waals surface area contributed by atoms with Crippen LogP contribution < -0.4 is 10.1 Å². The van der Waals surface area contributed by atoms with Gasteiger partial charge in [-0.15, -0.1) is 0 Å². The summed E-state index contributed by atoms with van der Waals surface area (Å²) < 4.78 is 36.8. The number of rotatable bonds is 6. The standard InChI is InChI=1S/C19H21F2NO3/c1-4-13-8-9-16(12(2)10-13)25-11-14-6-5-7-15(18(20)21)17(14)22-19(23)24-3/h5-10,18H,4,11H2,1-3H3,(H,22,23). The van der Waals surface area contributed by atoms with Gasteiger partial charge >= 0.3 is 6.09 Å². The summed E-state index contributed by atoms with van der Waals surface area (Å²) in [5, 5.41) is 2.36. The van der Waals surface area contributed by atoms with Gasteiger partial charge in [-0.3, -0.25) is 5.32 Å². The maximum absolute atomic E-state index is 13.2. The Morgan fingerprint density at radius 1 is 1.24 bits per heavy atom. The Morgan fingerprint density at radius 2 is 2.00 bits per heavy atom. The molecule has 134 valence electrons. The van der Waals surface area contributed by atoms with Crippen LogP contribution in [0.15, 0.2) is 36.4 Å². The van der Waals surface area contributed by atoms with Crippen molar-refractivity contribution in [2.24, 2.45) is 0 Å². The third-order valence-corrected chi connectivity index (χ3v) is 3.86. The molecule has 2 aromatic rings. The van der Waals surface area contributed by atoms with Crippen LogP contribution in [-0.4, -0.2) is 13.2 Å². The van der Waals surface area contributed by atoms with Crippen molar-refractivity contribution in [1.29, 1.82) is 0 Å². The van der Waals surface area contributed by atoms with Gasteiger partial charge in [0.05, 0.1) is 12.8 Å². The average molecular weight is 349 g/mol. The molecule has 0 atom stereocenters. The molecule has 25 heavy (non-hydrogen) atoms. The highest BCUT2D eigenvalue weighted by molar-refractivity contribution is 5.86. The van der Waals surface area contributed by atoms with Crippen molar-refractivity contribution >= 4 is 11.8 Å². The lowest BCUT2D eigenvalue weighted by molar-refractivity contribution is 0.151. The Balaban J connectivity index is 2.26. The molecule has 0 saturated carbocycles. The summed E-state index contributed by atoms with van der Waals surface area (Å²) in [6.45, 7) is 4.04. The number of alkyl halides is 2. The fourth-order valence-corrected chi connectivity index (χ4v) is 2.48. The van der Waals surface area contributed by atoms with Crippen LogP contribution in [0.2, 0.25) is 0 Å². The number of amides is 1. The maximum Gasteiger partial charge on any atom is 0.411 e.